The molecule has 0 spiro atoms. The lowest BCUT2D eigenvalue weighted by molar-refractivity contribution is -0.138. The van der Waals surface area contributed by atoms with E-state index in [-0.39, 0.29) is 31.0 Å². The molecule has 1 saturated heterocycles. The van der Waals surface area contributed by atoms with Crippen LogP contribution < -0.4 is 5.32 Å². The van der Waals surface area contributed by atoms with Gasteiger partial charge in [0.1, 0.15) is 6.61 Å². The summed E-state index contributed by atoms with van der Waals surface area (Å²) in [4.78, 5) is 13.7. The Kier molecular flexibility index (Phi) is 9.42. The van der Waals surface area contributed by atoms with Crippen molar-refractivity contribution < 1.29 is 9.53 Å². The van der Waals surface area contributed by atoms with E-state index in [9.17, 15) is 4.79 Å². The molecule has 0 unspecified atom stereocenters. The molecule has 18 heavy (non-hydrogen) atoms. The van der Waals surface area contributed by atoms with Crippen LogP contribution in [0.25, 0.3) is 0 Å². The average molecular weight is 279 g/mol. The van der Waals surface area contributed by atoms with Gasteiger partial charge in [-0.3, -0.25) is 4.79 Å². The first-order valence-corrected chi connectivity index (χ1v) is 6.73. The molecule has 0 aromatic heterocycles. The Morgan fingerprint density at radius 2 is 2.00 bits per heavy atom. The molecule has 1 rings (SSSR count). The molecule has 0 aliphatic carbocycles. The molecule has 0 aromatic rings. The molecule has 1 heterocycles. The van der Waals surface area contributed by atoms with Crippen molar-refractivity contribution in [2.75, 3.05) is 32.8 Å². The van der Waals surface area contributed by atoms with Crippen molar-refractivity contribution in [3.05, 3.63) is 0 Å². The number of carbonyl (C=O) groups excluding carboxylic acids is 1. The second-order valence-electron chi connectivity index (χ2n) is 4.99. The van der Waals surface area contributed by atoms with Crippen molar-refractivity contribution in [2.24, 2.45) is 5.92 Å². The third-order valence-corrected chi connectivity index (χ3v) is 3.19. The van der Waals surface area contributed by atoms with E-state index < -0.39 is 0 Å². The van der Waals surface area contributed by atoms with Gasteiger partial charge in [-0.15, -0.1) is 12.4 Å². The number of piperidine rings is 1. The van der Waals surface area contributed by atoms with Gasteiger partial charge in [0.2, 0.25) is 5.91 Å². The summed E-state index contributed by atoms with van der Waals surface area (Å²) >= 11 is 0. The maximum atomic E-state index is 11.8. The Balaban J connectivity index is 0.00000289. The molecule has 1 aliphatic rings. The Labute approximate surface area is 117 Å². The van der Waals surface area contributed by atoms with Crippen LogP contribution in [0.5, 0.6) is 0 Å². The van der Waals surface area contributed by atoms with Gasteiger partial charge in [-0.1, -0.05) is 6.92 Å². The van der Waals surface area contributed by atoms with Crippen molar-refractivity contribution in [1.82, 2.24) is 10.2 Å². The summed E-state index contributed by atoms with van der Waals surface area (Å²) in [5.74, 6) is 0.866. The van der Waals surface area contributed by atoms with Gasteiger partial charge in [-0.2, -0.15) is 0 Å². The van der Waals surface area contributed by atoms with Gasteiger partial charge >= 0.3 is 0 Å². The molecular formula is C13H27ClN2O2. The molecule has 0 atom stereocenters. The molecule has 4 nitrogen and oxygen atoms in total. The first-order chi connectivity index (χ1) is 8.13. The number of amides is 1. The van der Waals surface area contributed by atoms with Crippen LogP contribution in [-0.4, -0.2) is 49.7 Å². The monoisotopic (exact) mass is 278 g/mol. The lowest BCUT2D eigenvalue weighted by Gasteiger charge is -2.32. The number of nitrogens with one attached hydrogen (secondary N) is 1. The minimum Gasteiger partial charge on any atom is -0.369 e. The van der Waals surface area contributed by atoms with E-state index in [1.807, 2.05) is 18.7 Å². The van der Waals surface area contributed by atoms with Gasteiger partial charge < -0.3 is 15.0 Å². The van der Waals surface area contributed by atoms with Crippen molar-refractivity contribution in [3.63, 3.8) is 0 Å². The number of nitrogens with zero attached hydrogens (tertiary/aromatic N) is 1. The van der Waals surface area contributed by atoms with Gasteiger partial charge in [-0.05, 0) is 45.7 Å². The molecule has 1 N–H and O–H groups in total. The highest BCUT2D eigenvalue weighted by atomic mass is 35.5. The minimum absolute atomic E-state index is 0. The maximum Gasteiger partial charge on any atom is 0.248 e. The predicted octanol–water partition coefficient (Wildman–Crippen LogP) is 1.68. The highest BCUT2D eigenvalue weighted by molar-refractivity contribution is 5.85. The zero-order chi connectivity index (χ0) is 12.7. The lowest BCUT2D eigenvalue weighted by Crippen LogP contribution is -2.42. The Bertz CT molecular complexity index is 229. The molecule has 1 fully saturated rings. The molecule has 1 amide bonds. The van der Waals surface area contributed by atoms with E-state index in [0.29, 0.717) is 0 Å². The summed E-state index contributed by atoms with van der Waals surface area (Å²) in [6.07, 6.45) is 2.35. The quantitative estimate of drug-likeness (QED) is 0.804. The van der Waals surface area contributed by atoms with Crippen molar-refractivity contribution in [2.45, 2.75) is 39.7 Å². The smallest absolute Gasteiger partial charge is 0.248 e. The summed E-state index contributed by atoms with van der Waals surface area (Å²) in [6, 6.07) is 0. The van der Waals surface area contributed by atoms with Crippen LogP contribution in [0.1, 0.15) is 33.6 Å². The predicted molar refractivity (Wildman–Crippen MR) is 76.2 cm³/mol. The summed E-state index contributed by atoms with van der Waals surface area (Å²) in [5.41, 5.74) is 0. The third kappa shape index (κ3) is 6.57. The van der Waals surface area contributed by atoms with Crippen LogP contribution in [0.15, 0.2) is 0 Å². The summed E-state index contributed by atoms with van der Waals surface area (Å²) in [5, 5.41) is 3.37. The number of ether oxygens (including phenoxy) is 1. The van der Waals surface area contributed by atoms with Gasteiger partial charge in [0, 0.05) is 13.1 Å². The third-order valence-electron chi connectivity index (χ3n) is 3.19. The van der Waals surface area contributed by atoms with Crippen LogP contribution >= 0.6 is 12.4 Å². The second kappa shape index (κ2) is 9.59. The lowest BCUT2D eigenvalue weighted by atomic mass is 9.97. The van der Waals surface area contributed by atoms with Crippen molar-refractivity contribution in [1.29, 1.82) is 0 Å². The number of rotatable bonds is 6. The number of likely N-dealkylation sites (tertiary alicyclic amines) is 1. The maximum absolute atomic E-state index is 11.8. The van der Waals surface area contributed by atoms with Gasteiger partial charge in [-0.25, -0.2) is 0 Å². The van der Waals surface area contributed by atoms with E-state index in [1.54, 1.807) is 0 Å². The van der Waals surface area contributed by atoms with Crippen LogP contribution in [-0.2, 0) is 9.53 Å². The Hall–Kier alpha value is -0.320. The summed E-state index contributed by atoms with van der Waals surface area (Å²) < 4.78 is 5.35. The molecule has 5 heteroatoms. The summed E-state index contributed by atoms with van der Waals surface area (Å²) in [7, 11) is 0. The summed E-state index contributed by atoms with van der Waals surface area (Å²) in [6.45, 7) is 10.2. The molecule has 0 bridgehead atoms. The molecule has 0 radical (unpaired) electrons. The van der Waals surface area contributed by atoms with E-state index in [4.69, 9.17) is 4.74 Å². The van der Waals surface area contributed by atoms with Crippen molar-refractivity contribution >= 4 is 18.3 Å². The van der Waals surface area contributed by atoms with Crippen molar-refractivity contribution in [3.8, 4) is 0 Å². The van der Waals surface area contributed by atoms with Gasteiger partial charge in [0.25, 0.3) is 0 Å². The zero-order valence-corrected chi connectivity index (χ0v) is 12.6. The fourth-order valence-electron chi connectivity index (χ4n) is 2.06. The minimum atomic E-state index is 0. The van der Waals surface area contributed by atoms with Crippen LogP contribution in [0.4, 0.5) is 0 Å². The largest absolute Gasteiger partial charge is 0.369 e. The van der Waals surface area contributed by atoms with Gasteiger partial charge in [0.15, 0.2) is 0 Å². The van der Waals surface area contributed by atoms with E-state index in [2.05, 4.69) is 12.2 Å². The standard InChI is InChI=1S/C13H26N2O2.ClH/c1-4-14-9-12-5-7-15(8-6-12)13(16)10-17-11(2)3;/h11-12,14H,4-10H2,1-3H3;1H. The SMILES string of the molecule is CCNCC1CCN(C(=O)COC(C)C)CC1.Cl. The number of carbonyl (C=O) groups is 1. The number of hydrogen-bond donors (Lipinski definition) is 1. The Morgan fingerprint density at radius 1 is 1.39 bits per heavy atom. The van der Waals surface area contributed by atoms with E-state index >= 15 is 0 Å². The van der Waals surface area contributed by atoms with Crippen LogP contribution in [0.2, 0.25) is 0 Å². The zero-order valence-electron chi connectivity index (χ0n) is 11.8. The molecule has 108 valence electrons. The fraction of sp³-hybridized carbons (Fsp3) is 0.923. The molecular weight excluding hydrogens is 252 g/mol. The average Bonchev–Trinajstić information content (AvgIpc) is 2.34. The second-order valence-corrected chi connectivity index (χ2v) is 4.99. The van der Waals surface area contributed by atoms with Crippen LogP contribution in [0, 0.1) is 5.92 Å². The van der Waals surface area contributed by atoms with Gasteiger partial charge in [0.05, 0.1) is 6.10 Å². The first kappa shape index (κ1) is 17.7. The normalized spacial score (nSPS) is 16.8. The highest BCUT2D eigenvalue weighted by Gasteiger charge is 2.22. The molecule has 0 saturated carbocycles. The molecule has 1 aliphatic heterocycles. The topological polar surface area (TPSA) is 41.6 Å². The van der Waals surface area contributed by atoms with E-state index in [1.165, 1.54) is 0 Å². The van der Waals surface area contributed by atoms with E-state index in [0.717, 1.165) is 44.9 Å². The Morgan fingerprint density at radius 3 is 2.50 bits per heavy atom. The first-order valence-electron chi connectivity index (χ1n) is 6.73. The van der Waals surface area contributed by atoms with Crippen LogP contribution in [0.3, 0.4) is 0 Å². The fourth-order valence-corrected chi connectivity index (χ4v) is 2.06. The highest BCUT2D eigenvalue weighted by Crippen LogP contribution is 2.16. The number of halogens is 1. The number of hydrogen-bond acceptors (Lipinski definition) is 3. The molecule has 0 aromatic carbocycles.